The number of ether oxygens (including phenoxy) is 13. The summed E-state index contributed by atoms with van der Waals surface area (Å²) in [6, 6.07) is 9.47. The minimum atomic E-state index is -1.68. The average Bonchev–Trinajstić information content (AvgIpc) is 3.82. The molecule has 3 N–H and O–H groups in total. The van der Waals surface area contributed by atoms with Crippen LogP contribution in [-0.2, 0) is 71.2 Å². The van der Waals surface area contributed by atoms with Crippen LogP contribution < -0.4 is 0 Å². The molecule has 0 aromatic heterocycles. The molecular formula is C58H86O18. The summed E-state index contributed by atoms with van der Waals surface area (Å²) in [5.41, 5.74) is -3.00. The van der Waals surface area contributed by atoms with Crippen molar-refractivity contribution in [2.75, 3.05) is 28.4 Å². The molecule has 8 aliphatic rings. The number of aliphatic hydroxyl groups excluding tert-OH is 1. The molecular weight excluding hydrogens is 985 g/mol. The molecule has 0 bridgehead atoms. The average molecular weight is 1070 g/mol. The van der Waals surface area contributed by atoms with Crippen LogP contribution in [0, 0.1) is 22.7 Å². The van der Waals surface area contributed by atoms with E-state index in [0.717, 1.165) is 11.1 Å². The van der Waals surface area contributed by atoms with Gasteiger partial charge in [0, 0.05) is 77.4 Å². The van der Waals surface area contributed by atoms with E-state index in [2.05, 4.69) is 13.0 Å². The SMILES string of the molecule is COC1CC(OC2C(C)OC(OC3C(C)OC(OC4C(C)OC(OC5CCC6(C)C(=CCC7(O)C6CC(OC(=O)C=Cc6ccccc6)C6(C)C(C(C)=O)CCC76O)C5)CC4OC)CC3OC)CC2OC)OC(C)C1O. The molecule has 24 unspecified atom stereocenters. The fourth-order valence-corrected chi connectivity index (χ4v) is 15.1. The van der Waals surface area contributed by atoms with Crippen LogP contribution in [-0.4, -0.2) is 177 Å². The molecule has 24 atom stereocenters. The lowest BCUT2D eigenvalue weighted by molar-refractivity contribution is -0.347. The van der Waals surface area contributed by atoms with E-state index in [9.17, 15) is 24.9 Å². The second-order valence-corrected chi connectivity index (χ2v) is 23.5. The Hall–Kier alpha value is -2.76. The van der Waals surface area contributed by atoms with Crippen LogP contribution in [0.3, 0.4) is 0 Å². The highest BCUT2D eigenvalue weighted by Gasteiger charge is 2.77. The van der Waals surface area contributed by atoms with Crippen LogP contribution in [0.1, 0.15) is 125 Å². The van der Waals surface area contributed by atoms with Gasteiger partial charge >= 0.3 is 5.97 Å². The smallest absolute Gasteiger partial charge is 0.331 e. The van der Waals surface area contributed by atoms with E-state index in [1.165, 1.54) is 13.0 Å². The molecule has 0 radical (unpaired) electrons. The van der Waals surface area contributed by atoms with Gasteiger partial charge in [-0.1, -0.05) is 55.8 Å². The van der Waals surface area contributed by atoms with Gasteiger partial charge in [-0.3, -0.25) is 4.79 Å². The summed E-state index contributed by atoms with van der Waals surface area (Å²) < 4.78 is 81.8. The highest BCUT2D eigenvalue weighted by Crippen LogP contribution is 2.70. The van der Waals surface area contributed by atoms with Crippen molar-refractivity contribution >= 4 is 17.8 Å². The summed E-state index contributed by atoms with van der Waals surface area (Å²) in [4.78, 5) is 26.9. The molecule has 18 nitrogen and oxygen atoms in total. The van der Waals surface area contributed by atoms with Crippen molar-refractivity contribution in [1.29, 1.82) is 0 Å². The number of aliphatic hydroxyl groups is 3. The Morgan fingerprint density at radius 2 is 1.16 bits per heavy atom. The summed E-state index contributed by atoms with van der Waals surface area (Å²) in [7, 11) is 6.52. The monoisotopic (exact) mass is 1070 g/mol. The van der Waals surface area contributed by atoms with E-state index in [-0.39, 0.29) is 36.9 Å². The van der Waals surface area contributed by atoms with E-state index in [4.69, 9.17) is 61.6 Å². The standard InChI is InChI=1S/C58H86O18/c1-31(59)39-21-24-58(63)56(39,7)45(73-46(60)18-17-36-15-13-12-14-16-36)30-44-55(6)22-20-38(25-37(55)19-23-57(44,58)62)72-47-27-41(65-9)52(33(3)69-47)75-49-29-43(67-11)54(35(5)71-49)76-50-28-42(66-10)53(34(4)70-50)74-48-26-40(64-8)51(61)32(2)68-48/h12-19,32-35,38-45,47-54,61-63H,20-30H2,1-11H3. The maximum Gasteiger partial charge on any atom is 0.331 e. The number of Topliss-reactive ketones (excluding diaryl/α,β-unsaturated/α-hetero) is 1. The first kappa shape index (κ1) is 57.9. The summed E-state index contributed by atoms with van der Waals surface area (Å²) in [6.07, 6.45) is 0.840. The van der Waals surface area contributed by atoms with Gasteiger partial charge in [-0.2, -0.15) is 0 Å². The van der Waals surface area contributed by atoms with Gasteiger partial charge in [0.25, 0.3) is 0 Å². The van der Waals surface area contributed by atoms with Crippen LogP contribution in [0.25, 0.3) is 6.08 Å². The van der Waals surface area contributed by atoms with Gasteiger partial charge in [-0.05, 0) is 96.6 Å². The van der Waals surface area contributed by atoms with Crippen LogP contribution in [0.15, 0.2) is 48.1 Å². The summed E-state index contributed by atoms with van der Waals surface area (Å²) >= 11 is 0. The molecule has 1 aromatic rings. The van der Waals surface area contributed by atoms with Gasteiger partial charge in [-0.15, -0.1) is 0 Å². The minimum absolute atomic E-state index is 0.0868. The second kappa shape index (κ2) is 23.4. The fourth-order valence-electron chi connectivity index (χ4n) is 15.1. The van der Waals surface area contributed by atoms with E-state index in [1.807, 2.05) is 58.0 Å². The maximum absolute atomic E-state index is 13.6. The zero-order valence-electron chi connectivity index (χ0n) is 46.4. The van der Waals surface area contributed by atoms with E-state index >= 15 is 0 Å². The topological polar surface area (TPSA) is 215 Å². The van der Waals surface area contributed by atoms with Crippen LogP contribution in [0.2, 0.25) is 0 Å². The lowest BCUT2D eigenvalue weighted by Crippen LogP contribution is -2.75. The van der Waals surface area contributed by atoms with Crippen molar-refractivity contribution in [3.8, 4) is 0 Å². The molecule has 4 saturated heterocycles. The van der Waals surface area contributed by atoms with Crippen molar-refractivity contribution in [2.24, 2.45) is 22.7 Å². The third-order valence-corrected chi connectivity index (χ3v) is 19.4. The normalized spacial score (nSPS) is 47.6. The molecule has 4 aliphatic heterocycles. The predicted octanol–water partition coefficient (Wildman–Crippen LogP) is 6.12. The van der Waals surface area contributed by atoms with Gasteiger partial charge in [0.15, 0.2) is 25.2 Å². The second-order valence-electron chi connectivity index (χ2n) is 23.5. The predicted molar refractivity (Wildman–Crippen MR) is 274 cm³/mol. The lowest BCUT2D eigenvalue weighted by Gasteiger charge is -2.66. The summed E-state index contributed by atoms with van der Waals surface area (Å²) in [5, 5.41) is 36.4. The van der Waals surface area contributed by atoms with Crippen molar-refractivity contribution < 1.29 is 86.5 Å². The first-order chi connectivity index (χ1) is 36.2. The van der Waals surface area contributed by atoms with E-state index < -0.39 is 132 Å². The van der Waals surface area contributed by atoms with Crippen molar-refractivity contribution in [2.45, 2.75) is 241 Å². The Balaban J connectivity index is 0.802. The Bertz CT molecular complexity index is 2210. The van der Waals surface area contributed by atoms with Gasteiger partial charge in [0.2, 0.25) is 0 Å². The molecule has 7 fully saturated rings. The molecule has 4 aliphatic carbocycles. The Labute approximate surface area is 448 Å². The molecule has 3 saturated carbocycles. The summed E-state index contributed by atoms with van der Waals surface area (Å²) in [5.74, 6) is -1.68. The zero-order valence-corrected chi connectivity index (χ0v) is 46.4. The molecule has 0 spiro atoms. The molecule has 18 heteroatoms. The highest BCUT2D eigenvalue weighted by atomic mass is 16.8. The number of hydrogen-bond donors (Lipinski definition) is 3. The fraction of sp³-hybridized carbons (Fsp3) is 0.793. The first-order valence-corrected chi connectivity index (χ1v) is 27.8. The number of methoxy groups -OCH3 is 4. The number of fused-ring (bicyclic) bond motifs is 5. The van der Waals surface area contributed by atoms with Gasteiger partial charge < -0.3 is 76.9 Å². The van der Waals surface area contributed by atoms with Crippen molar-refractivity contribution in [3.63, 3.8) is 0 Å². The maximum atomic E-state index is 13.6. The van der Waals surface area contributed by atoms with Gasteiger partial charge in [-0.25, -0.2) is 4.79 Å². The Kier molecular flexibility index (Phi) is 17.8. The highest BCUT2D eigenvalue weighted by molar-refractivity contribution is 5.87. The number of esters is 1. The molecule has 1 aromatic carbocycles. The van der Waals surface area contributed by atoms with E-state index in [1.54, 1.807) is 41.4 Å². The largest absolute Gasteiger partial charge is 0.458 e. The van der Waals surface area contributed by atoms with Gasteiger partial charge in [0.05, 0.1) is 54.9 Å². The number of carbonyl (C=O) groups is 2. The van der Waals surface area contributed by atoms with Crippen molar-refractivity contribution in [1.82, 2.24) is 0 Å². The van der Waals surface area contributed by atoms with Crippen LogP contribution in [0.5, 0.6) is 0 Å². The molecule has 9 rings (SSSR count). The summed E-state index contributed by atoms with van der Waals surface area (Å²) in [6.45, 7) is 13.1. The molecule has 0 amide bonds. The van der Waals surface area contributed by atoms with Crippen LogP contribution in [0.4, 0.5) is 0 Å². The van der Waals surface area contributed by atoms with Crippen LogP contribution >= 0.6 is 0 Å². The third-order valence-electron chi connectivity index (χ3n) is 19.4. The Morgan fingerprint density at radius 1 is 0.658 bits per heavy atom. The van der Waals surface area contributed by atoms with Gasteiger partial charge in [0.1, 0.15) is 47.5 Å². The number of benzene rings is 1. The number of hydrogen-bond acceptors (Lipinski definition) is 18. The van der Waals surface area contributed by atoms with Crippen molar-refractivity contribution in [3.05, 3.63) is 53.6 Å². The lowest BCUT2D eigenvalue weighted by atomic mass is 9.43. The number of carbonyl (C=O) groups excluding carboxylic acids is 2. The molecule has 76 heavy (non-hydrogen) atoms. The molecule has 4 heterocycles. The zero-order chi connectivity index (χ0) is 54.5. The third kappa shape index (κ3) is 10.8. The Morgan fingerprint density at radius 3 is 1.67 bits per heavy atom. The quantitative estimate of drug-likeness (QED) is 0.0966. The van der Waals surface area contributed by atoms with E-state index in [0.29, 0.717) is 57.8 Å². The minimum Gasteiger partial charge on any atom is -0.458 e. The first-order valence-electron chi connectivity index (χ1n) is 27.8. The molecule has 426 valence electrons. The number of rotatable bonds is 16. The number of ketones is 1.